The first-order valence-electron chi connectivity index (χ1n) is 4.89. The normalized spacial score (nSPS) is 13.4. The lowest BCUT2D eigenvalue weighted by Gasteiger charge is -2.10. The predicted octanol–water partition coefficient (Wildman–Crippen LogP) is 1.67. The summed E-state index contributed by atoms with van der Waals surface area (Å²) in [6.45, 7) is 1.78. The number of rotatable bonds is 4. The lowest BCUT2D eigenvalue weighted by Crippen LogP contribution is -2.10. The first kappa shape index (κ1) is 12.7. The molecule has 1 N–H and O–H groups in total. The van der Waals surface area contributed by atoms with Gasteiger partial charge in [-0.3, -0.25) is 4.79 Å². The first-order chi connectivity index (χ1) is 7.36. The van der Waals surface area contributed by atoms with Crippen LogP contribution >= 0.6 is 0 Å². The summed E-state index contributed by atoms with van der Waals surface area (Å²) in [5.74, 6) is -1.47. The highest BCUT2D eigenvalue weighted by molar-refractivity contribution is 7.90. The molecule has 0 radical (unpaired) electrons. The fourth-order valence-electron chi connectivity index (χ4n) is 1.50. The fraction of sp³-hybridized carbons (Fsp3) is 0.364. The smallest absolute Gasteiger partial charge is 0.310 e. The molecule has 5 heteroatoms. The molecule has 1 atom stereocenters. The number of carboxylic acids is 1. The minimum absolute atomic E-state index is 0.205. The summed E-state index contributed by atoms with van der Waals surface area (Å²) in [4.78, 5) is 11.1. The molecular formula is C11H14O4S. The summed E-state index contributed by atoms with van der Waals surface area (Å²) >= 11 is 0. The predicted molar refractivity (Wildman–Crippen MR) is 60.2 cm³/mol. The maximum Gasteiger partial charge on any atom is 0.310 e. The Balaban J connectivity index is 3.08. The average molecular weight is 242 g/mol. The van der Waals surface area contributed by atoms with Crippen LogP contribution in [-0.2, 0) is 14.6 Å². The van der Waals surface area contributed by atoms with E-state index in [1.807, 2.05) is 0 Å². The molecule has 1 unspecified atom stereocenters. The summed E-state index contributed by atoms with van der Waals surface area (Å²) in [6, 6.07) is 5.99. The number of carbonyl (C=O) groups is 1. The van der Waals surface area contributed by atoms with Crippen LogP contribution in [-0.4, -0.2) is 25.7 Å². The molecule has 1 rings (SSSR count). The Labute approximate surface area is 94.8 Å². The highest BCUT2D eigenvalue weighted by atomic mass is 32.2. The van der Waals surface area contributed by atoms with Gasteiger partial charge in [0.1, 0.15) is 0 Å². The zero-order valence-electron chi connectivity index (χ0n) is 9.17. The van der Waals surface area contributed by atoms with Crippen LogP contribution in [0, 0.1) is 0 Å². The zero-order chi connectivity index (χ0) is 12.3. The van der Waals surface area contributed by atoms with Crippen LogP contribution in [0.15, 0.2) is 29.2 Å². The zero-order valence-corrected chi connectivity index (χ0v) is 9.99. The van der Waals surface area contributed by atoms with Crippen LogP contribution in [0.4, 0.5) is 0 Å². The van der Waals surface area contributed by atoms with E-state index in [1.54, 1.807) is 19.1 Å². The maximum absolute atomic E-state index is 11.2. The van der Waals surface area contributed by atoms with Crippen LogP contribution < -0.4 is 0 Å². The van der Waals surface area contributed by atoms with Crippen molar-refractivity contribution in [3.05, 3.63) is 29.8 Å². The highest BCUT2D eigenvalue weighted by Gasteiger charge is 2.17. The van der Waals surface area contributed by atoms with Crippen molar-refractivity contribution >= 4 is 15.8 Å². The number of benzene rings is 1. The number of hydrogen-bond donors (Lipinski definition) is 1. The van der Waals surface area contributed by atoms with Gasteiger partial charge in [0, 0.05) is 6.26 Å². The molecule has 0 saturated heterocycles. The van der Waals surface area contributed by atoms with Gasteiger partial charge < -0.3 is 5.11 Å². The van der Waals surface area contributed by atoms with E-state index < -0.39 is 21.7 Å². The monoisotopic (exact) mass is 242 g/mol. The first-order valence-corrected chi connectivity index (χ1v) is 6.78. The molecule has 4 nitrogen and oxygen atoms in total. The van der Waals surface area contributed by atoms with E-state index in [-0.39, 0.29) is 4.90 Å². The summed E-state index contributed by atoms with van der Waals surface area (Å²) in [5, 5.41) is 8.94. The van der Waals surface area contributed by atoms with Crippen molar-refractivity contribution in [2.24, 2.45) is 0 Å². The van der Waals surface area contributed by atoms with Crippen molar-refractivity contribution in [2.45, 2.75) is 24.2 Å². The second kappa shape index (κ2) is 4.65. The standard InChI is InChI=1S/C11H14O4S/c1-3-10(11(12)13)8-4-6-9(7-5-8)16(2,14)15/h4-7,10H,3H2,1-2H3,(H,12,13). The van der Waals surface area contributed by atoms with E-state index in [1.165, 1.54) is 12.1 Å². The molecule has 0 heterocycles. The molecular weight excluding hydrogens is 228 g/mol. The Morgan fingerprint density at radius 1 is 1.31 bits per heavy atom. The Hall–Kier alpha value is -1.36. The molecule has 0 bridgehead atoms. The van der Waals surface area contributed by atoms with Gasteiger partial charge in [0.15, 0.2) is 9.84 Å². The minimum atomic E-state index is -3.22. The lowest BCUT2D eigenvalue weighted by molar-refractivity contribution is -0.138. The van der Waals surface area contributed by atoms with Gasteiger partial charge in [-0.05, 0) is 24.1 Å². The maximum atomic E-state index is 11.2. The molecule has 0 aliphatic rings. The second-order valence-electron chi connectivity index (χ2n) is 3.64. The molecule has 0 aliphatic carbocycles. The molecule has 88 valence electrons. The van der Waals surface area contributed by atoms with E-state index in [0.29, 0.717) is 12.0 Å². The van der Waals surface area contributed by atoms with Crippen molar-refractivity contribution in [1.29, 1.82) is 0 Å². The molecule has 0 aliphatic heterocycles. The molecule has 0 spiro atoms. The summed E-state index contributed by atoms with van der Waals surface area (Å²) < 4.78 is 22.4. The third-order valence-electron chi connectivity index (χ3n) is 2.42. The third-order valence-corrected chi connectivity index (χ3v) is 3.55. The third kappa shape index (κ3) is 2.82. The minimum Gasteiger partial charge on any atom is -0.481 e. The number of aliphatic carboxylic acids is 1. The molecule has 16 heavy (non-hydrogen) atoms. The second-order valence-corrected chi connectivity index (χ2v) is 5.66. The average Bonchev–Trinajstić information content (AvgIpc) is 2.17. The quantitative estimate of drug-likeness (QED) is 0.871. The van der Waals surface area contributed by atoms with Gasteiger partial charge in [0.05, 0.1) is 10.8 Å². The lowest BCUT2D eigenvalue weighted by atomic mass is 9.97. The number of sulfone groups is 1. The van der Waals surface area contributed by atoms with Gasteiger partial charge in [0.2, 0.25) is 0 Å². The van der Waals surface area contributed by atoms with E-state index in [4.69, 9.17) is 5.11 Å². The van der Waals surface area contributed by atoms with Gasteiger partial charge in [0.25, 0.3) is 0 Å². The molecule has 1 aromatic rings. The largest absolute Gasteiger partial charge is 0.481 e. The number of hydrogen-bond acceptors (Lipinski definition) is 3. The molecule has 1 aromatic carbocycles. The van der Waals surface area contributed by atoms with Crippen molar-refractivity contribution in [3.63, 3.8) is 0 Å². The fourth-order valence-corrected chi connectivity index (χ4v) is 2.13. The SMILES string of the molecule is CCC(C(=O)O)c1ccc(S(C)(=O)=O)cc1. The molecule has 0 amide bonds. The highest BCUT2D eigenvalue weighted by Crippen LogP contribution is 2.21. The summed E-state index contributed by atoms with van der Waals surface area (Å²) in [6.07, 6.45) is 1.60. The summed E-state index contributed by atoms with van der Waals surface area (Å²) in [7, 11) is -3.22. The van der Waals surface area contributed by atoms with Crippen molar-refractivity contribution < 1.29 is 18.3 Å². The van der Waals surface area contributed by atoms with Crippen molar-refractivity contribution in [2.75, 3.05) is 6.26 Å². The van der Waals surface area contributed by atoms with Gasteiger partial charge in [-0.15, -0.1) is 0 Å². The van der Waals surface area contributed by atoms with Crippen LogP contribution in [0.3, 0.4) is 0 Å². The van der Waals surface area contributed by atoms with Crippen LogP contribution in [0.1, 0.15) is 24.8 Å². The van der Waals surface area contributed by atoms with Crippen LogP contribution in [0.25, 0.3) is 0 Å². The Morgan fingerprint density at radius 2 is 1.81 bits per heavy atom. The Morgan fingerprint density at radius 3 is 2.12 bits per heavy atom. The van der Waals surface area contributed by atoms with Crippen LogP contribution in [0.5, 0.6) is 0 Å². The summed E-state index contributed by atoms with van der Waals surface area (Å²) in [5.41, 5.74) is 0.627. The molecule has 0 aromatic heterocycles. The Kier molecular flexibility index (Phi) is 3.70. The van der Waals surface area contributed by atoms with Crippen molar-refractivity contribution in [3.8, 4) is 0 Å². The molecule has 0 fully saturated rings. The van der Waals surface area contributed by atoms with Gasteiger partial charge >= 0.3 is 5.97 Å². The van der Waals surface area contributed by atoms with Crippen molar-refractivity contribution in [1.82, 2.24) is 0 Å². The van der Waals surface area contributed by atoms with Gasteiger partial charge in [-0.2, -0.15) is 0 Å². The van der Waals surface area contributed by atoms with E-state index in [2.05, 4.69) is 0 Å². The van der Waals surface area contributed by atoms with E-state index in [0.717, 1.165) is 6.26 Å². The van der Waals surface area contributed by atoms with Gasteiger partial charge in [-0.25, -0.2) is 8.42 Å². The molecule has 0 saturated carbocycles. The topological polar surface area (TPSA) is 71.4 Å². The van der Waals surface area contributed by atoms with E-state index in [9.17, 15) is 13.2 Å². The van der Waals surface area contributed by atoms with E-state index >= 15 is 0 Å². The Bertz CT molecular complexity index is 473. The number of carboxylic acid groups (broad SMARTS) is 1. The van der Waals surface area contributed by atoms with Crippen LogP contribution in [0.2, 0.25) is 0 Å². The van der Waals surface area contributed by atoms with Gasteiger partial charge in [-0.1, -0.05) is 19.1 Å².